The van der Waals surface area contributed by atoms with Crippen LogP contribution in [0.5, 0.6) is 0 Å². The third kappa shape index (κ3) is 3.85. The Morgan fingerprint density at radius 3 is 2.56 bits per heavy atom. The summed E-state index contributed by atoms with van der Waals surface area (Å²) in [6, 6.07) is 6.59. The van der Waals surface area contributed by atoms with Crippen molar-refractivity contribution < 1.29 is 14.2 Å². The summed E-state index contributed by atoms with van der Waals surface area (Å²) in [6.07, 6.45) is 0. The molecular formula is C17H20N4O4. The number of Topliss-reactive ketones (excluding diaryl/α,β-unsaturated/α-hetero) is 1. The van der Waals surface area contributed by atoms with Gasteiger partial charge in [0.25, 0.3) is 5.69 Å². The fraction of sp³-hybridized carbons (Fsp3) is 0.412. The van der Waals surface area contributed by atoms with Crippen molar-refractivity contribution in [2.24, 2.45) is 0 Å². The van der Waals surface area contributed by atoms with Gasteiger partial charge in [-0.3, -0.25) is 19.8 Å². The molecule has 0 N–H and O–H groups in total. The smallest absolute Gasteiger partial charge is 0.293 e. The molecule has 1 saturated heterocycles. The Morgan fingerprint density at radius 2 is 2.00 bits per heavy atom. The maximum Gasteiger partial charge on any atom is 0.293 e. The number of benzene rings is 1. The van der Waals surface area contributed by atoms with E-state index >= 15 is 0 Å². The number of ketones is 1. The van der Waals surface area contributed by atoms with E-state index in [-0.39, 0.29) is 11.5 Å². The molecule has 132 valence electrons. The molecule has 8 nitrogen and oxygen atoms in total. The Morgan fingerprint density at radius 1 is 1.28 bits per heavy atom. The van der Waals surface area contributed by atoms with Crippen molar-refractivity contribution in [1.29, 1.82) is 0 Å². The molecule has 2 aromatic rings. The number of rotatable bonds is 5. The van der Waals surface area contributed by atoms with Crippen molar-refractivity contribution in [1.82, 2.24) is 10.1 Å². The second-order valence-electron chi connectivity index (χ2n) is 6.21. The van der Waals surface area contributed by atoms with Crippen LogP contribution in [0, 0.1) is 17.0 Å². The normalized spacial score (nSPS) is 15.4. The van der Waals surface area contributed by atoms with Gasteiger partial charge in [0.15, 0.2) is 11.5 Å². The van der Waals surface area contributed by atoms with Crippen molar-refractivity contribution in [3.8, 4) is 0 Å². The number of hydrogen-bond acceptors (Lipinski definition) is 7. The molecule has 0 amide bonds. The minimum atomic E-state index is -0.425. The van der Waals surface area contributed by atoms with Crippen LogP contribution in [0.15, 0.2) is 28.8 Å². The summed E-state index contributed by atoms with van der Waals surface area (Å²) in [4.78, 5) is 26.6. The summed E-state index contributed by atoms with van der Waals surface area (Å²) in [6.45, 7) is 6.86. The fourth-order valence-corrected chi connectivity index (χ4v) is 3.01. The summed E-state index contributed by atoms with van der Waals surface area (Å²) in [5.74, 6) is 0.643. The van der Waals surface area contributed by atoms with E-state index in [1.54, 1.807) is 12.1 Å². The van der Waals surface area contributed by atoms with Crippen LogP contribution in [0.4, 0.5) is 11.4 Å². The quantitative estimate of drug-likeness (QED) is 0.467. The molecule has 8 heteroatoms. The molecule has 1 aromatic carbocycles. The Kier molecular flexibility index (Phi) is 4.80. The molecule has 1 aliphatic heterocycles. The Balaban J connectivity index is 1.70. The summed E-state index contributed by atoms with van der Waals surface area (Å²) in [7, 11) is 0. The average molecular weight is 344 g/mol. The third-order valence-electron chi connectivity index (χ3n) is 4.35. The van der Waals surface area contributed by atoms with E-state index in [4.69, 9.17) is 4.52 Å². The van der Waals surface area contributed by atoms with Gasteiger partial charge in [-0.25, -0.2) is 0 Å². The lowest BCUT2D eigenvalue weighted by Gasteiger charge is -2.35. The van der Waals surface area contributed by atoms with Crippen LogP contribution in [-0.2, 0) is 6.54 Å². The Bertz CT molecular complexity index is 794. The average Bonchev–Trinajstić information content (AvgIpc) is 3.00. The first-order valence-corrected chi connectivity index (χ1v) is 8.13. The fourth-order valence-electron chi connectivity index (χ4n) is 3.01. The molecule has 1 aromatic heterocycles. The predicted molar refractivity (Wildman–Crippen MR) is 91.8 cm³/mol. The maximum atomic E-state index is 11.5. The first kappa shape index (κ1) is 17.1. The number of nitrogens with zero attached hydrogens (tertiary/aromatic N) is 4. The van der Waals surface area contributed by atoms with Gasteiger partial charge < -0.3 is 9.42 Å². The van der Waals surface area contributed by atoms with E-state index in [0.717, 1.165) is 24.5 Å². The second kappa shape index (κ2) is 7.02. The third-order valence-corrected chi connectivity index (χ3v) is 4.35. The molecule has 1 aliphatic rings. The molecule has 0 aliphatic carbocycles. The Labute approximate surface area is 145 Å². The lowest BCUT2D eigenvalue weighted by atomic mass is 10.1. The van der Waals surface area contributed by atoms with Crippen LogP contribution < -0.4 is 4.90 Å². The van der Waals surface area contributed by atoms with E-state index in [9.17, 15) is 14.9 Å². The van der Waals surface area contributed by atoms with Crippen LogP contribution >= 0.6 is 0 Å². The van der Waals surface area contributed by atoms with Crippen LogP contribution in [0.1, 0.15) is 28.7 Å². The van der Waals surface area contributed by atoms with Gasteiger partial charge in [-0.05, 0) is 26.0 Å². The van der Waals surface area contributed by atoms with Gasteiger partial charge in [0.2, 0.25) is 0 Å². The van der Waals surface area contributed by atoms with Gasteiger partial charge in [0.05, 0.1) is 17.2 Å². The molecule has 0 atom stereocenters. The lowest BCUT2D eigenvalue weighted by molar-refractivity contribution is -0.384. The lowest BCUT2D eigenvalue weighted by Crippen LogP contribution is -2.46. The van der Waals surface area contributed by atoms with Gasteiger partial charge in [-0.2, -0.15) is 0 Å². The molecule has 25 heavy (non-hydrogen) atoms. The first-order chi connectivity index (χ1) is 11.9. The number of piperazine rings is 1. The molecule has 2 heterocycles. The number of carbonyl (C=O) groups is 1. The van der Waals surface area contributed by atoms with E-state index < -0.39 is 4.92 Å². The zero-order valence-electron chi connectivity index (χ0n) is 14.3. The number of aryl methyl sites for hydroxylation is 1. The van der Waals surface area contributed by atoms with Crippen LogP contribution in [-0.4, -0.2) is 46.9 Å². The van der Waals surface area contributed by atoms with E-state index in [0.29, 0.717) is 30.9 Å². The second-order valence-corrected chi connectivity index (χ2v) is 6.21. The molecule has 1 fully saturated rings. The van der Waals surface area contributed by atoms with Gasteiger partial charge in [-0.15, -0.1) is 0 Å². The standard InChI is InChI=1S/C17H20N4O4/c1-12-9-15(25-18-12)11-19-5-7-20(8-6-19)16-4-3-14(13(2)22)10-17(16)21(23)24/h3-4,9-10H,5-8,11H2,1-2H3. The largest absolute Gasteiger partial charge is 0.363 e. The van der Waals surface area contributed by atoms with Crippen LogP contribution in [0.25, 0.3) is 0 Å². The predicted octanol–water partition coefficient (Wildman–Crippen LogP) is 2.42. The summed E-state index contributed by atoms with van der Waals surface area (Å²) in [5.41, 5.74) is 1.75. The molecule has 0 spiro atoms. The monoisotopic (exact) mass is 344 g/mol. The van der Waals surface area contributed by atoms with Gasteiger partial charge in [0.1, 0.15) is 5.69 Å². The minimum absolute atomic E-state index is 0.0213. The van der Waals surface area contributed by atoms with E-state index in [2.05, 4.69) is 10.1 Å². The summed E-state index contributed by atoms with van der Waals surface area (Å²) in [5, 5.41) is 15.3. The maximum absolute atomic E-state index is 11.5. The first-order valence-electron chi connectivity index (χ1n) is 8.13. The van der Waals surface area contributed by atoms with E-state index in [1.165, 1.54) is 13.0 Å². The highest BCUT2D eigenvalue weighted by Crippen LogP contribution is 2.30. The molecule has 0 saturated carbocycles. The van der Waals surface area contributed by atoms with Crippen molar-refractivity contribution in [2.45, 2.75) is 20.4 Å². The zero-order valence-corrected chi connectivity index (χ0v) is 14.3. The molecule has 3 rings (SSSR count). The van der Waals surface area contributed by atoms with Crippen molar-refractivity contribution >= 4 is 17.2 Å². The number of nitro groups is 1. The number of hydrogen-bond donors (Lipinski definition) is 0. The van der Waals surface area contributed by atoms with Crippen molar-refractivity contribution in [2.75, 3.05) is 31.1 Å². The highest BCUT2D eigenvalue weighted by molar-refractivity contribution is 5.95. The number of carbonyl (C=O) groups excluding carboxylic acids is 1. The van der Waals surface area contributed by atoms with E-state index in [1.807, 2.05) is 17.9 Å². The minimum Gasteiger partial charge on any atom is -0.363 e. The molecular weight excluding hydrogens is 324 g/mol. The SMILES string of the molecule is CC(=O)c1ccc(N2CCN(Cc3cc(C)no3)CC2)c([N+](=O)[O-])c1. The number of anilines is 1. The number of aromatic nitrogens is 1. The van der Waals surface area contributed by atoms with Gasteiger partial charge >= 0.3 is 0 Å². The van der Waals surface area contributed by atoms with Crippen LogP contribution in [0.2, 0.25) is 0 Å². The highest BCUT2D eigenvalue weighted by Gasteiger charge is 2.25. The summed E-state index contributed by atoms with van der Waals surface area (Å²) < 4.78 is 5.24. The van der Waals surface area contributed by atoms with Crippen LogP contribution in [0.3, 0.4) is 0 Å². The zero-order chi connectivity index (χ0) is 18.0. The highest BCUT2D eigenvalue weighted by atomic mass is 16.6. The molecule has 0 unspecified atom stereocenters. The molecule has 0 bridgehead atoms. The van der Waals surface area contributed by atoms with Gasteiger partial charge in [0, 0.05) is 43.9 Å². The Hall–Kier alpha value is -2.74. The van der Waals surface area contributed by atoms with Gasteiger partial charge in [-0.1, -0.05) is 5.16 Å². The number of nitro benzene ring substituents is 1. The molecule has 0 radical (unpaired) electrons. The topological polar surface area (TPSA) is 92.7 Å². The van der Waals surface area contributed by atoms with Crippen molar-refractivity contribution in [3.63, 3.8) is 0 Å². The van der Waals surface area contributed by atoms with Crippen molar-refractivity contribution in [3.05, 3.63) is 51.4 Å². The summed E-state index contributed by atoms with van der Waals surface area (Å²) >= 11 is 0.